The molecule has 7 unspecified atom stereocenters. The third-order valence-corrected chi connectivity index (χ3v) is 11.5. The molecule has 0 bridgehead atoms. The van der Waals surface area contributed by atoms with Crippen LogP contribution < -0.4 is 20.4 Å². The summed E-state index contributed by atoms with van der Waals surface area (Å²) in [4.78, 5) is 44.5. The molecule has 14 nitrogen and oxygen atoms in total. The van der Waals surface area contributed by atoms with Crippen molar-refractivity contribution in [3.8, 4) is 5.75 Å². The van der Waals surface area contributed by atoms with Crippen LogP contribution in [0.4, 0.5) is 5.69 Å². The number of aliphatic imine (C=N–C) groups is 1. The predicted octanol–water partition coefficient (Wildman–Crippen LogP) is 1.70. The van der Waals surface area contributed by atoms with Crippen molar-refractivity contribution in [1.82, 2.24) is 5.32 Å². The first kappa shape index (κ1) is 35.8. The number of aliphatic hydroxyl groups is 5. The van der Waals surface area contributed by atoms with Gasteiger partial charge in [-0.25, -0.2) is 9.78 Å². The van der Waals surface area contributed by atoms with Gasteiger partial charge in [0.2, 0.25) is 5.91 Å². The number of allylic oxidation sites excluding steroid dienone is 1. The molecule has 51 heavy (non-hydrogen) atoms. The van der Waals surface area contributed by atoms with Crippen LogP contribution in [-0.4, -0.2) is 99.6 Å². The highest BCUT2D eigenvalue weighted by atomic mass is 17.2. The van der Waals surface area contributed by atoms with Gasteiger partial charge in [0.15, 0.2) is 16.8 Å². The van der Waals surface area contributed by atoms with Gasteiger partial charge >= 0.3 is 0 Å². The van der Waals surface area contributed by atoms with Gasteiger partial charge in [-0.15, -0.1) is 0 Å². The van der Waals surface area contributed by atoms with Crippen LogP contribution in [0.5, 0.6) is 5.75 Å². The fraction of sp³-hybridized carbons (Fsp3) is 0.595. The highest BCUT2D eigenvalue weighted by molar-refractivity contribution is 6.12. The number of ether oxygens (including phenoxy) is 1. The Morgan fingerprint density at radius 1 is 1.10 bits per heavy atom. The van der Waals surface area contributed by atoms with Crippen molar-refractivity contribution in [2.45, 2.75) is 101 Å². The molecule has 2 aromatic rings. The summed E-state index contributed by atoms with van der Waals surface area (Å²) in [6.45, 7) is 3.30. The van der Waals surface area contributed by atoms with E-state index < -0.39 is 54.7 Å². The maximum atomic E-state index is 13.4. The minimum absolute atomic E-state index is 0.0920. The highest BCUT2D eigenvalue weighted by Gasteiger charge is 2.52. The van der Waals surface area contributed by atoms with Gasteiger partial charge in [-0.1, -0.05) is 19.3 Å². The molecular formula is C37H47N3O11. The Balaban J connectivity index is 1.22. The van der Waals surface area contributed by atoms with Gasteiger partial charge in [-0.3, -0.25) is 14.6 Å². The summed E-state index contributed by atoms with van der Waals surface area (Å²) in [7, 11) is 0. The van der Waals surface area contributed by atoms with E-state index in [-0.39, 0.29) is 23.7 Å². The van der Waals surface area contributed by atoms with Crippen molar-refractivity contribution < 1.29 is 49.3 Å². The lowest BCUT2D eigenvalue weighted by molar-refractivity contribution is -0.360. The lowest BCUT2D eigenvalue weighted by Crippen LogP contribution is -2.52. The van der Waals surface area contributed by atoms with Gasteiger partial charge in [-0.05, 0) is 57.6 Å². The number of nitrogens with one attached hydrogen (secondary N) is 1. The van der Waals surface area contributed by atoms with Crippen molar-refractivity contribution in [3.05, 3.63) is 57.7 Å². The summed E-state index contributed by atoms with van der Waals surface area (Å²) in [5.74, 6) is 1.20. The molecule has 7 rings (SSSR count). The summed E-state index contributed by atoms with van der Waals surface area (Å²) < 4.78 is 13.3. The number of rotatable bonds is 12. The van der Waals surface area contributed by atoms with E-state index in [2.05, 4.69) is 10.3 Å². The predicted molar refractivity (Wildman–Crippen MR) is 185 cm³/mol. The number of hydrogen-bond donors (Lipinski definition) is 6. The Hall–Kier alpha value is -3.63. The van der Waals surface area contributed by atoms with Crippen LogP contribution in [-0.2, 0) is 21.0 Å². The first-order valence-electron chi connectivity index (χ1n) is 17.8. The van der Waals surface area contributed by atoms with Crippen molar-refractivity contribution in [3.63, 3.8) is 0 Å². The van der Waals surface area contributed by atoms with Crippen molar-refractivity contribution in [2.24, 2.45) is 16.3 Å². The van der Waals surface area contributed by atoms with E-state index in [1.807, 2.05) is 24.1 Å². The molecule has 0 radical (unpaired) electrons. The molecule has 5 aliphatic rings. The van der Waals surface area contributed by atoms with E-state index in [1.54, 1.807) is 19.2 Å². The molecule has 14 heteroatoms. The molecular weight excluding hydrogens is 662 g/mol. The summed E-state index contributed by atoms with van der Waals surface area (Å²) in [5.41, 5.74) is 1.85. The number of nitrogens with zero attached hydrogens (tertiary/aromatic N) is 2. The second-order valence-electron chi connectivity index (χ2n) is 14.9. The van der Waals surface area contributed by atoms with Crippen LogP contribution in [0.3, 0.4) is 0 Å². The number of carbonyl (C=O) groups excluding carboxylic acids is 1. The van der Waals surface area contributed by atoms with Crippen LogP contribution >= 0.6 is 0 Å². The average molecular weight is 710 g/mol. The fourth-order valence-corrected chi connectivity index (χ4v) is 8.45. The molecule has 1 spiro atoms. The SMILES string of the molecule is Cc1cc(=O)c2cc3c(c(N4C=C5C=CN=C5C4)c2o1)OC(C)(CCC1CNC(=O)C12CCCCC2)C(OOCC(O)C(O)C(O)C(O)CO)C3. The second kappa shape index (κ2) is 14.1. The van der Waals surface area contributed by atoms with Crippen molar-refractivity contribution >= 4 is 28.3 Å². The van der Waals surface area contributed by atoms with E-state index in [1.165, 1.54) is 6.07 Å². The van der Waals surface area contributed by atoms with Gasteiger partial charge < -0.3 is 44.9 Å². The van der Waals surface area contributed by atoms with Crippen molar-refractivity contribution in [2.75, 3.05) is 31.2 Å². The summed E-state index contributed by atoms with van der Waals surface area (Å²) in [6, 6.07) is 3.19. The Morgan fingerprint density at radius 3 is 2.61 bits per heavy atom. The number of amides is 1. The fourth-order valence-electron chi connectivity index (χ4n) is 8.45. The molecule has 276 valence electrons. The van der Waals surface area contributed by atoms with E-state index in [0.717, 1.165) is 43.4 Å². The summed E-state index contributed by atoms with van der Waals surface area (Å²) >= 11 is 0. The van der Waals surface area contributed by atoms with Crippen LogP contribution in [0.1, 0.15) is 63.2 Å². The molecule has 5 heterocycles. The minimum Gasteiger partial charge on any atom is -0.482 e. The zero-order valence-electron chi connectivity index (χ0n) is 28.9. The highest BCUT2D eigenvalue weighted by Crippen LogP contribution is 2.51. The maximum Gasteiger partial charge on any atom is 0.226 e. The maximum absolute atomic E-state index is 13.4. The molecule has 1 aromatic carbocycles. The van der Waals surface area contributed by atoms with Crippen LogP contribution in [0, 0.1) is 18.3 Å². The number of carbonyl (C=O) groups is 1. The largest absolute Gasteiger partial charge is 0.482 e. The van der Waals surface area contributed by atoms with Crippen LogP contribution in [0.25, 0.3) is 11.0 Å². The number of fused-ring (bicyclic) bond motifs is 3. The topological polar surface area (TPSA) is 204 Å². The number of aryl methyl sites for hydroxylation is 1. The van der Waals surface area contributed by atoms with Gasteiger partial charge in [0.1, 0.15) is 54.2 Å². The molecule has 1 aromatic heterocycles. The second-order valence-corrected chi connectivity index (χ2v) is 14.9. The van der Waals surface area contributed by atoms with Crippen LogP contribution in [0.15, 0.2) is 50.4 Å². The Bertz CT molecular complexity index is 1810. The third kappa shape index (κ3) is 6.52. The summed E-state index contributed by atoms with van der Waals surface area (Å²) in [6.07, 6.45) is 4.10. The zero-order chi connectivity index (χ0) is 36.1. The van der Waals surface area contributed by atoms with Gasteiger partial charge in [0.05, 0.1) is 29.7 Å². The minimum atomic E-state index is -1.82. The quantitative estimate of drug-likeness (QED) is 0.138. The smallest absolute Gasteiger partial charge is 0.226 e. The normalized spacial score (nSPS) is 27.4. The number of hydrogen-bond acceptors (Lipinski definition) is 13. The number of anilines is 1. The van der Waals surface area contributed by atoms with Gasteiger partial charge in [0, 0.05) is 42.6 Å². The molecule has 2 fully saturated rings. The Kier molecular flexibility index (Phi) is 9.86. The van der Waals surface area contributed by atoms with Gasteiger partial charge in [-0.2, -0.15) is 0 Å². The zero-order valence-corrected chi connectivity index (χ0v) is 28.9. The Labute approximate surface area is 294 Å². The van der Waals surface area contributed by atoms with E-state index in [0.29, 0.717) is 59.7 Å². The third-order valence-electron chi connectivity index (χ3n) is 11.5. The lowest BCUT2D eigenvalue weighted by atomic mass is 9.65. The lowest BCUT2D eigenvalue weighted by Gasteiger charge is -2.44. The van der Waals surface area contributed by atoms with E-state index in [9.17, 15) is 30.0 Å². The van der Waals surface area contributed by atoms with Crippen LogP contribution in [0.2, 0.25) is 0 Å². The summed E-state index contributed by atoms with van der Waals surface area (Å²) in [5, 5.41) is 53.3. The molecule has 6 N–H and O–H groups in total. The molecule has 1 aliphatic carbocycles. The number of benzene rings is 1. The molecule has 4 aliphatic heterocycles. The molecule has 1 saturated heterocycles. The first-order chi connectivity index (χ1) is 24.4. The first-order valence-corrected chi connectivity index (χ1v) is 17.8. The van der Waals surface area contributed by atoms with Gasteiger partial charge in [0.25, 0.3) is 0 Å². The van der Waals surface area contributed by atoms with E-state index >= 15 is 0 Å². The van der Waals surface area contributed by atoms with E-state index in [4.69, 9.17) is 24.0 Å². The Morgan fingerprint density at radius 2 is 1.86 bits per heavy atom. The monoisotopic (exact) mass is 709 g/mol. The molecule has 7 atom stereocenters. The standard InChI is InChI=1S/C37H47N3O11/c1-20-12-26(42)24-13-22-14-29(51-48-19-28(44)32(46)31(45)27(43)18-41)36(2,10-6-23-15-39-35(47)37(23)8-4-3-5-9-37)50-33(22)30(34(24)49-20)40-16-21-7-11-38-25(21)17-40/h7,11-13,16,23,27-29,31-32,41,43-46H,3-6,8-10,14-15,17-19H2,1-2H3,(H,39,47). The molecule has 1 saturated carbocycles. The molecule has 1 amide bonds. The number of aliphatic hydroxyl groups excluding tert-OH is 5. The average Bonchev–Trinajstić information content (AvgIpc) is 3.81. The van der Waals surface area contributed by atoms with Crippen molar-refractivity contribution in [1.29, 1.82) is 0 Å².